The minimum atomic E-state index is -0.938. The smallest absolute Gasteiger partial charge is 0.306 e. The largest absolute Gasteiger partial charge is 0.481 e. The fourth-order valence-electron chi connectivity index (χ4n) is 1.85. The third-order valence-electron chi connectivity index (χ3n) is 2.68. The maximum Gasteiger partial charge on any atom is 0.306 e. The molecule has 1 aliphatic rings. The lowest BCUT2D eigenvalue weighted by Crippen LogP contribution is -2.46. The number of nitrogens with zero attached hydrogens (tertiary/aromatic N) is 2. The molecule has 1 aromatic rings. The molecule has 0 radical (unpaired) electrons. The number of aromatic nitrogens is 1. The van der Waals surface area contributed by atoms with Gasteiger partial charge in [0.25, 0.3) is 5.91 Å². The summed E-state index contributed by atoms with van der Waals surface area (Å²) in [5, 5.41) is 12.4. The Morgan fingerprint density at radius 1 is 1.61 bits per heavy atom. The van der Waals surface area contributed by atoms with Gasteiger partial charge in [0.1, 0.15) is 5.76 Å². The zero-order chi connectivity index (χ0) is 13.1. The van der Waals surface area contributed by atoms with E-state index in [1.165, 1.54) is 4.90 Å². The number of rotatable bonds is 3. The predicted molar refractivity (Wildman–Crippen MR) is 59.1 cm³/mol. The van der Waals surface area contributed by atoms with E-state index in [1.54, 1.807) is 13.0 Å². The summed E-state index contributed by atoms with van der Waals surface area (Å²) in [5.74, 6) is -0.634. The number of morpholine rings is 1. The molecule has 0 aromatic carbocycles. The van der Waals surface area contributed by atoms with Gasteiger partial charge in [-0.3, -0.25) is 9.59 Å². The van der Waals surface area contributed by atoms with Crippen LogP contribution in [0, 0.1) is 6.92 Å². The van der Waals surface area contributed by atoms with E-state index in [0.29, 0.717) is 18.9 Å². The molecular weight excluding hydrogens is 240 g/mol. The molecule has 2 rings (SSSR count). The number of hydrogen-bond donors (Lipinski definition) is 1. The van der Waals surface area contributed by atoms with Crippen LogP contribution in [0.1, 0.15) is 22.7 Å². The predicted octanol–water partition coefficient (Wildman–Crippen LogP) is 0.299. The number of aryl methyl sites for hydroxylation is 1. The van der Waals surface area contributed by atoms with Crippen LogP contribution < -0.4 is 0 Å². The van der Waals surface area contributed by atoms with Gasteiger partial charge in [-0.15, -0.1) is 0 Å². The molecular formula is C11H14N2O5. The van der Waals surface area contributed by atoms with E-state index >= 15 is 0 Å². The van der Waals surface area contributed by atoms with Crippen molar-refractivity contribution < 1.29 is 24.0 Å². The Balaban J connectivity index is 2.00. The summed E-state index contributed by atoms with van der Waals surface area (Å²) in [6.45, 7) is 2.73. The summed E-state index contributed by atoms with van der Waals surface area (Å²) in [7, 11) is 0. The molecule has 1 aliphatic heterocycles. The van der Waals surface area contributed by atoms with Gasteiger partial charge in [0.2, 0.25) is 0 Å². The highest BCUT2D eigenvalue weighted by atomic mass is 16.5. The summed E-state index contributed by atoms with van der Waals surface area (Å²) in [6.07, 6.45) is -0.574. The first-order valence-corrected chi connectivity index (χ1v) is 5.62. The minimum Gasteiger partial charge on any atom is -0.481 e. The van der Waals surface area contributed by atoms with Crippen molar-refractivity contribution in [2.45, 2.75) is 19.4 Å². The normalized spacial score (nSPS) is 19.8. The first-order valence-electron chi connectivity index (χ1n) is 5.62. The summed E-state index contributed by atoms with van der Waals surface area (Å²) in [6, 6.07) is 1.56. The van der Waals surface area contributed by atoms with E-state index in [1.807, 2.05) is 0 Å². The number of ether oxygens (including phenoxy) is 1. The lowest BCUT2D eigenvalue weighted by Gasteiger charge is -2.31. The Labute approximate surface area is 103 Å². The van der Waals surface area contributed by atoms with Crippen LogP contribution in [-0.2, 0) is 9.53 Å². The molecule has 1 N–H and O–H groups in total. The topological polar surface area (TPSA) is 92.9 Å². The summed E-state index contributed by atoms with van der Waals surface area (Å²) < 4.78 is 10.1. The Morgan fingerprint density at radius 3 is 3.00 bits per heavy atom. The minimum absolute atomic E-state index is 0.110. The third kappa shape index (κ3) is 2.86. The lowest BCUT2D eigenvalue weighted by atomic mass is 10.2. The van der Waals surface area contributed by atoms with Gasteiger partial charge in [0.15, 0.2) is 5.69 Å². The number of aliphatic carboxylic acids is 1. The van der Waals surface area contributed by atoms with Crippen molar-refractivity contribution in [1.29, 1.82) is 0 Å². The van der Waals surface area contributed by atoms with Crippen molar-refractivity contribution in [3.63, 3.8) is 0 Å². The molecule has 2 heterocycles. The van der Waals surface area contributed by atoms with E-state index in [0.717, 1.165) is 0 Å². The number of carbonyl (C=O) groups is 2. The van der Waals surface area contributed by atoms with Gasteiger partial charge in [-0.1, -0.05) is 5.16 Å². The highest BCUT2D eigenvalue weighted by molar-refractivity contribution is 5.92. The van der Waals surface area contributed by atoms with Crippen molar-refractivity contribution in [2.24, 2.45) is 0 Å². The SMILES string of the molecule is Cc1cc(C(=O)N2CCOC(CC(=O)O)C2)no1. The maximum atomic E-state index is 12.0. The zero-order valence-electron chi connectivity index (χ0n) is 9.96. The number of carboxylic acid groups (broad SMARTS) is 1. The number of carbonyl (C=O) groups excluding carboxylic acids is 1. The van der Waals surface area contributed by atoms with Crippen LogP contribution in [0.2, 0.25) is 0 Å². The molecule has 1 fully saturated rings. The van der Waals surface area contributed by atoms with Crippen molar-refractivity contribution >= 4 is 11.9 Å². The van der Waals surface area contributed by atoms with Crippen LogP contribution in [0.25, 0.3) is 0 Å². The van der Waals surface area contributed by atoms with Gasteiger partial charge >= 0.3 is 5.97 Å². The quantitative estimate of drug-likeness (QED) is 0.833. The molecule has 1 unspecified atom stereocenters. The Kier molecular flexibility index (Phi) is 3.61. The molecule has 7 heteroatoms. The number of carboxylic acids is 1. The van der Waals surface area contributed by atoms with E-state index in [4.69, 9.17) is 14.4 Å². The van der Waals surface area contributed by atoms with Crippen molar-refractivity contribution in [3.8, 4) is 0 Å². The molecule has 0 saturated carbocycles. The molecule has 1 atom stereocenters. The second kappa shape index (κ2) is 5.18. The van der Waals surface area contributed by atoms with Gasteiger partial charge in [0.05, 0.1) is 19.1 Å². The molecule has 1 amide bonds. The molecule has 1 aromatic heterocycles. The molecule has 98 valence electrons. The van der Waals surface area contributed by atoms with Crippen LogP contribution in [0.15, 0.2) is 10.6 Å². The second-order valence-electron chi connectivity index (χ2n) is 4.16. The van der Waals surface area contributed by atoms with E-state index in [-0.39, 0.29) is 24.6 Å². The lowest BCUT2D eigenvalue weighted by molar-refractivity contribution is -0.141. The highest BCUT2D eigenvalue weighted by Gasteiger charge is 2.27. The van der Waals surface area contributed by atoms with Gasteiger partial charge in [-0.05, 0) is 6.92 Å². The molecule has 1 saturated heterocycles. The Bertz CT molecular complexity index is 456. The maximum absolute atomic E-state index is 12.0. The highest BCUT2D eigenvalue weighted by Crippen LogP contribution is 2.12. The van der Waals surface area contributed by atoms with Crippen LogP contribution >= 0.6 is 0 Å². The fourth-order valence-corrected chi connectivity index (χ4v) is 1.85. The number of amides is 1. The summed E-state index contributed by atoms with van der Waals surface area (Å²) >= 11 is 0. The molecule has 0 spiro atoms. The van der Waals surface area contributed by atoms with Crippen molar-refractivity contribution in [2.75, 3.05) is 19.7 Å². The van der Waals surface area contributed by atoms with E-state index in [2.05, 4.69) is 5.16 Å². The first kappa shape index (κ1) is 12.6. The van der Waals surface area contributed by atoms with Gasteiger partial charge in [-0.25, -0.2) is 0 Å². The van der Waals surface area contributed by atoms with Crippen molar-refractivity contribution in [1.82, 2.24) is 10.1 Å². The average molecular weight is 254 g/mol. The third-order valence-corrected chi connectivity index (χ3v) is 2.68. The number of hydrogen-bond acceptors (Lipinski definition) is 5. The molecule has 18 heavy (non-hydrogen) atoms. The van der Waals surface area contributed by atoms with Gasteiger partial charge < -0.3 is 19.3 Å². The molecule has 7 nitrogen and oxygen atoms in total. The summed E-state index contributed by atoms with van der Waals surface area (Å²) in [5.41, 5.74) is 0.239. The van der Waals surface area contributed by atoms with Gasteiger partial charge in [-0.2, -0.15) is 0 Å². The van der Waals surface area contributed by atoms with E-state index < -0.39 is 12.1 Å². The van der Waals surface area contributed by atoms with E-state index in [9.17, 15) is 9.59 Å². The monoisotopic (exact) mass is 254 g/mol. The fraction of sp³-hybridized carbons (Fsp3) is 0.545. The van der Waals surface area contributed by atoms with Gasteiger partial charge in [0, 0.05) is 19.2 Å². The van der Waals surface area contributed by atoms with Crippen LogP contribution in [0.4, 0.5) is 0 Å². The first-order chi connectivity index (χ1) is 8.56. The molecule has 0 bridgehead atoms. The summed E-state index contributed by atoms with van der Waals surface area (Å²) in [4.78, 5) is 24.2. The average Bonchev–Trinajstić information content (AvgIpc) is 2.74. The standard InChI is InChI=1S/C11H14N2O5/c1-7-4-9(12-18-7)11(16)13-2-3-17-8(6-13)5-10(14)15/h4,8H,2-3,5-6H2,1H3,(H,14,15). The van der Waals surface area contributed by atoms with Crippen molar-refractivity contribution in [3.05, 3.63) is 17.5 Å². The van der Waals surface area contributed by atoms with Crippen LogP contribution in [-0.4, -0.2) is 52.8 Å². The van der Waals surface area contributed by atoms with Crippen LogP contribution in [0.5, 0.6) is 0 Å². The van der Waals surface area contributed by atoms with Crippen LogP contribution in [0.3, 0.4) is 0 Å². The molecule has 0 aliphatic carbocycles. The Hall–Kier alpha value is -1.89. The zero-order valence-corrected chi connectivity index (χ0v) is 9.96. The second-order valence-corrected chi connectivity index (χ2v) is 4.16. The Morgan fingerprint density at radius 2 is 2.39 bits per heavy atom.